The summed E-state index contributed by atoms with van der Waals surface area (Å²) in [5, 5.41) is 16.9. The average Bonchev–Trinajstić information content (AvgIpc) is 3.99. The Morgan fingerprint density at radius 1 is 0.662 bits per heavy atom. The number of rotatable bonds is 18. The standard InChI is InChI=1S/C54H69N9O12S2/c1-28-30(3)45(32(5)38-25-53(7,8)74-43(28)38)76(69,70)62-49(55)57-23-15-21-41(60-52(68)73-27-40-36-19-13-11-17-34(36)35-18-12-14-20-37(35)40)47(64)61-51(67)59-42(48(65)66)22-16-24-58-50(56)63-77(71,72)46-31(4)29(2)44-39(33(46)6)26-54(9,10)75-44/h11-14,17-20,40-42H,15-16,21-27H2,1-10H3,(H,60,68)(H,65,66)(H3,55,57,62)(H3,56,58,63)(H2,59,61,64,67)/t41-,42-/m1/s1. The molecule has 4 aromatic carbocycles. The first kappa shape index (κ1) is 57.3. The number of carboxylic acid groups (broad SMARTS) is 1. The zero-order valence-corrected chi connectivity index (χ0v) is 46.7. The van der Waals surface area contributed by atoms with E-state index in [2.05, 4.69) is 35.4 Å². The number of urea groups is 1. The van der Waals surface area contributed by atoms with Crippen LogP contribution in [0.3, 0.4) is 0 Å². The number of hydrogen-bond acceptors (Lipinski definition) is 13. The van der Waals surface area contributed by atoms with Gasteiger partial charge in [0.1, 0.15) is 41.4 Å². The number of imide groups is 1. The minimum atomic E-state index is -4.23. The second-order valence-corrected chi connectivity index (χ2v) is 24.2. The molecule has 0 aromatic heterocycles. The number of fused-ring (bicyclic) bond motifs is 5. The van der Waals surface area contributed by atoms with Gasteiger partial charge in [0, 0.05) is 43.0 Å². The van der Waals surface area contributed by atoms with Crippen LogP contribution in [-0.4, -0.2) is 101 Å². The minimum Gasteiger partial charge on any atom is -0.487 e. The maximum absolute atomic E-state index is 13.8. The second kappa shape index (κ2) is 22.3. The van der Waals surface area contributed by atoms with Gasteiger partial charge in [-0.05, 0) is 151 Å². The van der Waals surface area contributed by atoms with E-state index in [9.17, 15) is 41.1 Å². The van der Waals surface area contributed by atoms with Crippen LogP contribution in [0.1, 0.15) is 115 Å². The molecule has 0 saturated heterocycles. The summed E-state index contributed by atoms with van der Waals surface area (Å²) in [6.45, 7) is 17.7. The fourth-order valence-electron chi connectivity index (χ4n) is 10.4. The molecule has 4 aromatic rings. The Labute approximate surface area is 449 Å². The van der Waals surface area contributed by atoms with E-state index >= 15 is 0 Å². The molecule has 0 radical (unpaired) electrons. The molecule has 0 spiro atoms. The summed E-state index contributed by atoms with van der Waals surface area (Å²) < 4.78 is 77.4. The fraction of sp³-hybridized carbons (Fsp3) is 0.444. The first-order chi connectivity index (χ1) is 36.0. The van der Waals surface area contributed by atoms with Crippen molar-refractivity contribution in [1.82, 2.24) is 25.4 Å². The number of carboxylic acids is 1. The van der Waals surface area contributed by atoms with Gasteiger partial charge < -0.3 is 41.4 Å². The maximum Gasteiger partial charge on any atom is 0.407 e. The summed E-state index contributed by atoms with van der Waals surface area (Å²) in [7, 11) is -8.43. The van der Waals surface area contributed by atoms with E-state index in [0.717, 1.165) is 33.4 Å². The first-order valence-corrected chi connectivity index (χ1v) is 28.2. The lowest BCUT2D eigenvalue weighted by molar-refractivity contribution is -0.139. The number of ether oxygens (including phenoxy) is 3. The molecule has 3 aliphatic rings. The molecule has 23 heteroatoms. The summed E-state index contributed by atoms with van der Waals surface area (Å²) in [4.78, 5) is 61.2. The van der Waals surface area contributed by atoms with Crippen molar-refractivity contribution < 1.29 is 55.3 Å². The predicted octanol–water partition coefficient (Wildman–Crippen LogP) is 5.60. The lowest BCUT2D eigenvalue weighted by Gasteiger charge is -2.20. The number of benzene rings is 4. The van der Waals surface area contributed by atoms with E-state index in [1.165, 1.54) is 0 Å². The van der Waals surface area contributed by atoms with Gasteiger partial charge in [-0.1, -0.05) is 48.5 Å². The minimum absolute atomic E-state index is 0.0152. The Morgan fingerprint density at radius 2 is 1.09 bits per heavy atom. The highest BCUT2D eigenvalue weighted by atomic mass is 32.2. The molecule has 77 heavy (non-hydrogen) atoms. The molecule has 0 bridgehead atoms. The molecule has 1 aliphatic carbocycles. The average molecular weight is 1100 g/mol. The Morgan fingerprint density at radius 3 is 1.53 bits per heavy atom. The number of alkyl carbamates (subject to hydrolysis) is 1. The van der Waals surface area contributed by atoms with Crippen molar-refractivity contribution in [2.75, 3.05) is 19.7 Å². The Kier molecular flexibility index (Phi) is 16.6. The van der Waals surface area contributed by atoms with Crippen molar-refractivity contribution in [3.05, 3.63) is 104 Å². The third kappa shape index (κ3) is 12.6. The number of carbonyl (C=O) groups is 4. The van der Waals surface area contributed by atoms with Crippen LogP contribution in [0.25, 0.3) is 11.1 Å². The molecular formula is C54H69N9O12S2. The monoisotopic (exact) mass is 1100 g/mol. The number of amides is 4. The number of aliphatic imine (C=N–C) groups is 2. The molecule has 0 fully saturated rings. The first-order valence-electron chi connectivity index (χ1n) is 25.3. The van der Waals surface area contributed by atoms with Gasteiger partial charge in [0.2, 0.25) is 11.9 Å². The van der Waals surface area contributed by atoms with E-state index < -0.39 is 79.3 Å². The summed E-state index contributed by atoms with van der Waals surface area (Å²) >= 11 is 0. The molecule has 4 amide bonds. The summed E-state index contributed by atoms with van der Waals surface area (Å²) in [6.07, 6.45) is -0.277. The van der Waals surface area contributed by atoms with Crippen LogP contribution in [0.15, 0.2) is 68.3 Å². The topological polar surface area (TPSA) is 321 Å². The Hall–Kier alpha value is -7.40. The Bertz CT molecular complexity index is 3290. The molecule has 2 aliphatic heterocycles. The Balaban J connectivity index is 0.979. The highest BCUT2D eigenvalue weighted by Gasteiger charge is 2.39. The number of guanidine groups is 2. The highest BCUT2D eigenvalue weighted by Crippen LogP contribution is 2.46. The number of sulfonamides is 2. The molecule has 0 unspecified atom stereocenters. The second-order valence-electron chi connectivity index (χ2n) is 21.0. The third-order valence-corrected chi connectivity index (χ3v) is 17.5. The number of carbonyl (C=O) groups excluding carboxylic acids is 3. The molecule has 7 rings (SSSR count). The molecule has 21 nitrogen and oxygen atoms in total. The van der Waals surface area contributed by atoms with E-state index in [0.29, 0.717) is 57.7 Å². The quantitative estimate of drug-likeness (QED) is 0.0342. The van der Waals surface area contributed by atoms with Crippen LogP contribution in [0.4, 0.5) is 9.59 Å². The summed E-state index contributed by atoms with van der Waals surface area (Å²) in [6, 6.07) is 11.3. The summed E-state index contributed by atoms with van der Waals surface area (Å²) in [5.74, 6) is -2.29. The van der Waals surface area contributed by atoms with E-state index in [1.807, 2.05) is 76.2 Å². The smallest absolute Gasteiger partial charge is 0.407 e. The van der Waals surface area contributed by atoms with Crippen molar-refractivity contribution in [2.24, 2.45) is 21.5 Å². The molecule has 2 atom stereocenters. The van der Waals surface area contributed by atoms with Crippen molar-refractivity contribution >= 4 is 56.0 Å². The van der Waals surface area contributed by atoms with Crippen LogP contribution in [0.2, 0.25) is 0 Å². The van der Waals surface area contributed by atoms with Crippen LogP contribution < -0.4 is 46.3 Å². The number of aliphatic carboxylic acids is 1. The number of hydrogen-bond donors (Lipinski definition) is 8. The SMILES string of the molecule is Cc1c(C)c(S(=O)(=O)NC(N)=NCCC[C@@H](NC(=O)NC(=O)[C@@H](CCCN=C(N)NS(=O)(=O)c2c(C)c(C)c3c(c2C)CC(C)(C)O3)NC(=O)OCC2c3ccccc3-c3ccccc32)C(=O)O)c(C)c2c1OC(C)(C)C2. The van der Waals surface area contributed by atoms with E-state index in [4.69, 9.17) is 25.7 Å². The van der Waals surface area contributed by atoms with Gasteiger partial charge in [0.15, 0.2) is 0 Å². The van der Waals surface area contributed by atoms with Gasteiger partial charge >= 0.3 is 18.1 Å². The number of nitrogens with zero attached hydrogens (tertiary/aromatic N) is 2. The van der Waals surface area contributed by atoms with Gasteiger partial charge in [0.25, 0.3) is 26.0 Å². The zero-order valence-electron chi connectivity index (χ0n) is 45.0. The van der Waals surface area contributed by atoms with Crippen molar-refractivity contribution in [3.8, 4) is 22.6 Å². The van der Waals surface area contributed by atoms with Crippen molar-refractivity contribution in [3.63, 3.8) is 0 Å². The van der Waals surface area contributed by atoms with Crippen molar-refractivity contribution in [2.45, 2.75) is 147 Å². The molecule has 0 saturated carbocycles. The van der Waals surface area contributed by atoms with Crippen LogP contribution in [0.5, 0.6) is 11.5 Å². The van der Waals surface area contributed by atoms with Gasteiger partial charge in [-0.25, -0.2) is 40.7 Å². The van der Waals surface area contributed by atoms with Crippen molar-refractivity contribution in [1.29, 1.82) is 0 Å². The molecule has 10 N–H and O–H groups in total. The summed E-state index contributed by atoms with van der Waals surface area (Å²) in [5.41, 5.74) is 20.0. The number of nitrogens with two attached hydrogens (primary N) is 2. The van der Waals surface area contributed by atoms with E-state index in [-0.39, 0.29) is 61.1 Å². The fourth-order valence-corrected chi connectivity index (χ4v) is 13.5. The molecule has 2 heterocycles. The number of nitrogens with one attached hydrogen (secondary N) is 5. The van der Waals surface area contributed by atoms with E-state index in [1.54, 1.807) is 41.5 Å². The predicted molar refractivity (Wildman–Crippen MR) is 290 cm³/mol. The highest BCUT2D eigenvalue weighted by molar-refractivity contribution is 7.90. The van der Waals surface area contributed by atoms with Crippen LogP contribution in [-0.2, 0) is 47.2 Å². The van der Waals surface area contributed by atoms with Crippen LogP contribution in [0, 0.1) is 41.5 Å². The largest absolute Gasteiger partial charge is 0.487 e. The van der Waals surface area contributed by atoms with Crippen LogP contribution >= 0.6 is 0 Å². The van der Waals surface area contributed by atoms with Gasteiger partial charge in [-0.2, -0.15) is 0 Å². The van der Waals surface area contributed by atoms with Gasteiger partial charge in [-0.15, -0.1) is 0 Å². The lowest BCUT2D eigenvalue weighted by Crippen LogP contribution is -2.53. The molecule has 414 valence electrons. The normalized spacial score (nSPS) is 16.1. The third-order valence-electron chi connectivity index (χ3n) is 14.3. The van der Waals surface area contributed by atoms with Gasteiger partial charge in [0.05, 0.1) is 9.79 Å². The zero-order chi connectivity index (χ0) is 56.5. The van der Waals surface area contributed by atoms with Gasteiger partial charge in [-0.3, -0.25) is 20.1 Å². The lowest BCUT2D eigenvalue weighted by atomic mass is 9.94. The molecular weight excluding hydrogens is 1030 g/mol. The maximum atomic E-state index is 13.8.